The molecule has 0 bridgehead atoms. The van der Waals surface area contributed by atoms with Gasteiger partial charge in [-0.15, -0.1) is 0 Å². The predicted molar refractivity (Wildman–Crippen MR) is 54.8 cm³/mol. The lowest BCUT2D eigenvalue weighted by Crippen LogP contribution is -2.15. The standard InChI is InChI=1S/C11H14N2O/c1-14-7-2-3-10-9(6-7)8-4-5-12-11(8)13-10/h2-3,8-9H,4-6H2,1H3,(H,12,13). The molecule has 1 saturated heterocycles. The molecule has 3 aliphatic rings. The Morgan fingerprint density at radius 3 is 3.21 bits per heavy atom. The molecule has 0 amide bonds. The van der Waals surface area contributed by atoms with Crippen LogP contribution in [-0.4, -0.2) is 19.5 Å². The third-order valence-corrected chi connectivity index (χ3v) is 3.36. The van der Waals surface area contributed by atoms with Gasteiger partial charge in [0.1, 0.15) is 5.84 Å². The highest BCUT2D eigenvalue weighted by Gasteiger charge is 2.40. The van der Waals surface area contributed by atoms with Gasteiger partial charge in [-0.05, 0) is 18.6 Å². The number of nitrogens with one attached hydrogen (secondary N) is 1. The molecule has 3 rings (SSSR count). The maximum atomic E-state index is 5.30. The summed E-state index contributed by atoms with van der Waals surface area (Å²) in [4.78, 5) is 4.47. The zero-order valence-electron chi connectivity index (χ0n) is 8.29. The molecule has 0 aromatic heterocycles. The zero-order valence-corrected chi connectivity index (χ0v) is 8.29. The minimum absolute atomic E-state index is 0.594. The molecule has 0 aromatic rings. The highest BCUT2D eigenvalue weighted by Crippen LogP contribution is 2.39. The largest absolute Gasteiger partial charge is 0.501 e. The molecular weight excluding hydrogens is 176 g/mol. The van der Waals surface area contributed by atoms with Crippen LogP contribution in [0.2, 0.25) is 0 Å². The fourth-order valence-corrected chi connectivity index (χ4v) is 2.60. The zero-order chi connectivity index (χ0) is 9.54. The van der Waals surface area contributed by atoms with E-state index in [0.717, 1.165) is 18.7 Å². The van der Waals surface area contributed by atoms with Gasteiger partial charge in [0.05, 0.1) is 12.9 Å². The Kier molecular flexibility index (Phi) is 1.66. The molecule has 1 aliphatic carbocycles. The number of rotatable bonds is 1. The van der Waals surface area contributed by atoms with Crippen LogP contribution in [0.1, 0.15) is 12.8 Å². The van der Waals surface area contributed by atoms with E-state index < -0.39 is 0 Å². The molecule has 0 aromatic carbocycles. The van der Waals surface area contributed by atoms with E-state index in [4.69, 9.17) is 4.74 Å². The quantitative estimate of drug-likeness (QED) is 0.678. The van der Waals surface area contributed by atoms with Gasteiger partial charge in [-0.25, -0.2) is 0 Å². The van der Waals surface area contributed by atoms with Crippen molar-refractivity contribution in [3.63, 3.8) is 0 Å². The van der Waals surface area contributed by atoms with E-state index >= 15 is 0 Å². The van der Waals surface area contributed by atoms with Crippen LogP contribution >= 0.6 is 0 Å². The van der Waals surface area contributed by atoms with Crippen LogP contribution in [0.5, 0.6) is 0 Å². The highest BCUT2D eigenvalue weighted by molar-refractivity contribution is 5.91. The molecule has 0 spiro atoms. The van der Waals surface area contributed by atoms with Crippen molar-refractivity contribution < 1.29 is 4.74 Å². The number of ether oxygens (including phenoxy) is 1. The fourth-order valence-electron chi connectivity index (χ4n) is 2.60. The Balaban J connectivity index is 1.90. The number of amidine groups is 1. The Bertz CT molecular complexity index is 354. The third-order valence-electron chi connectivity index (χ3n) is 3.36. The molecule has 3 heteroatoms. The van der Waals surface area contributed by atoms with Gasteiger partial charge in [0.25, 0.3) is 0 Å². The van der Waals surface area contributed by atoms with Crippen molar-refractivity contribution in [3.05, 3.63) is 23.6 Å². The van der Waals surface area contributed by atoms with Crippen LogP contribution in [0.25, 0.3) is 0 Å². The molecule has 0 saturated carbocycles. The molecule has 3 nitrogen and oxygen atoms in total. The number of hydrogen-bond donors (Lipinski definition) is 1. The summed E-state index contributed by atoms with van der Waals surface area (Å²) in [6, 6.07) is 0. The summed E-state index contributed by atoms with van der Waals surface area (Å²) in [5.41, 5.74) is 1.33. The van der Waals surface area contributed by atoms with E-state index in [2.05, 4.69) is 22.5 Å². The van der Waals surface area contributed by atoms with Crippen molar-refractivity contribution in [1.29, 1.82) is 0 Å². The van der Waals surface area contributed by atoms with Gasteiger partial charge in [-0.1, -0.05) is 0 Å². The van der Waals surface area contributed by atoms with Crippen LogP contribution in [0.4, 0.5) is 0 Å². The molecule has 1 N–H and O–H groups in total. The predicted octanol–water partition coefficient (Wildman–Crippen LogP) is 1.44. The first-order chi connectivity index (χ1) is 6.88. The molecule has 14 heavy (non-hydrogen) atoms. The van der Waals surface area contributed by atoms with Crippen molar-refractivity contribution >= 4 is 5.84 Å². The smallest absolute Gasteiger partial charge is 0.104 e. The summed E-state index contributed by atoms with van der Waals surface area (Å²) in [6.07, 6.45) is 6.41. The second kappa shape index (κ2) is 2.87. The Morgan fingerprint density at radius 2 is 2.36 bits per heavy atom. The van der Waals surface area contributed by atoms with Gasteiger partial charge < -0.3 is 10.1 Å². The molecule has 74 valence electrons. The molecule has 2 aliphatic heterocycles. The SMILES string of the molecule is COC1=CC=C2NC3=NCCC3C2C1. The summed E-state index contributed by atoms with van der Waals surface area (Å²) in [7, 11) is 1.75. The van der Waals surface area contributed by atoms with Gasteiger partial charge in [-0.3, -0.25) is 4.99 Å². The number of allylic oxidation sites excluding steroid dienone is 4. The van der Waals surface area contributed by atoms with Crippen LogP contribution < -0.4 is 5.32 Å². The number of methoxy groups -OCH3 is 1. The first kappa shape index (κ1) is 8.09. The molecule has 1 fully saturated rings. The van der Waals surface area contributed by atoms with Crippen LogP contribution in [0, 0.1) is 11.8 Å². The average Bonchev–Trinajstić information content (AvgIpc) is 2.76. The first-order valence-electron chi connectivity index (χ1n) is 5.14. The number of fused-ring (bicyclic) bond motifs is 3. The highest BCUT2D eigenvalue weighted by atomic mass is 16.5. The maximum absolute atomic E-state index is 5.30. The van der Waals surface area contributed by atoms with Crippen molar-refractivity contribution in [1.82, 2.24) is 5.32 Å². The van der Waals surface area contributed by atoms with Crippen LogP contribution in [0.15, 0.2) is 28.6 Å². The van der Waals surface area contributed by atoms with Gasteiger partial charge in [0.15, 0.2) is 0 Å². The topological polar surface area (TPSA) is 33.6 Å². The fraction of sp³-hybridized carbons (Fsp3) is 0.545. The van der Waals surface area contributed by atoms with E-state index in [1.807, 2.05) is 0 Å². The van der Waals surface area contributed by atoms with Gasteiger partial charge in [0, 0.05) is 30.5 Å². The lowest BCUT2D eigenvalue weighted by Gasteiger charge is -2.20. The van der Waals surface area contributed by atoms with Gasteiger partial charge >= 0.3 is 0 Å². The normalized spacial score (nSPS) is 33.6. The second-order valence-corrected chi connectivity index (χ2v) is 4.06. The van der Waals surface area contributed by atoms with Gasteiger partial charge in [0.2, 0.25) is 0 Å². The Labute approximate surface area is 83.6 Å². The second-order valence-electron chi connectivity index (χ2n) is 4.06. The Morgan fingerprint density at radius 1 is 1.43 bits per heavy atom. The third kappa shape index (κ3) is 1.01. The van der Waals surface area contributed by atoms with Crippen molar-refractivity contribution in [2.45, 2.75) is 12.8 Å². The summed E-state index contributed by atoms with van der Waals surface area (Å²) in [5.74, 6) is 3.51. The van der Waals surface area contributed by atoms with Crippen LogP contribution in [0.3, 0.4) is 0 Å². The summed E-state index contributed by atoms with van der Waals surface area (Å²) in [6.45, 7) is 0.989. The van der Waals surface area contributed by atoms with Crippen LogP contribution in [-0.2, 0) is 4.74 Å². The van der Waals surface area contributed by atoms with Crippen molar-refractivity contribution in [2.75, 3.05) is 13.7 Å². The monoisotopic (exact) mass is 190 g/mol. The minimum Gasteiger partial charge on any atom is -0.501 e. The number of nitrogens with zero attached hydrogens (tertiary/aromatic N) is 1. The number of aliphatic imine (C=N–C) groups is 1. The van der Waals surface area contributed by atoms with E-state index in [1.54, 1.807) is 7.11 Å². The van der Waals surface area contributed by atoms with E-state index in [0.29, 0.717) is 11.8 Å². The molecule has 2 heterocycles. The van der Waals surface area contributed by atoms with E-state index in [9.17, 15) is 0 Å². The average molecular weight is 190 g/mol. The Hall–Kier alpha value is -1.25. The van der Waals surface area contributed by atoms with Crippen molar-refractivity contribution in [2.24, 2.45) is 16.8 Å². The molecule has 2 atom stereocenters. The summed E-state index contributed by atoms with van der Waals surface area (Å²) in [5, 5.41) is 3.41. The first-order valence-corrected chi connectivity index (χ1v) is 5.14. The van der Waals surface area contributed by atoms with E-state index in [-0.39, 0.29) is 0 Å². The summed E-state index contributed by atoms with van der Waals surface area (Å²) >= 11 is 0. The maximum Gasteiger partial charge on any atom is 0.104 e. The van der Waals surface area contributed by atoms with Gasteiger partial charge in [-0.2, -0.15) is 0 Å². The lowest BCUT2D eigenvalue weighted by atomic mass is 9.86. The molecule has 2 unspecified atom stereocenters. The lowest BCUT2D eigenvalue weighted by molar-refractivity contribution is 0.256. The summed E-state index contributed by atoms with van der Waals surface area (Å²) < 4.78 is 5.30. The molecular formula is C11H14N2O. The molecule has 0 radical (unpaired) electrons. The minimum atomic E-state index is 0.594. The van der Waals surface area contributed by atoms with Crippen molar-refractivity contribution in [3.8, 4) is 0 Å². The van der Waals surface area contributed by atoms with E-state index in [1.165, 1.54) is 18.0 Å². The number of hydrogen-bond acceptors (Lipinski definition) is 3.